The predicted molar refractivity (Wildman–Crippen MR) is 123 cm³/mol. The molecule has 3 heterocycles. The van der Waals surface area contributed by atoms with Gasteiger partial charge in [0.05, 0.1) is 5.39 Å². The Morgan fingerprint density at radius 3 is 2.39 bits per heavy atom. The summed E-state index contributed by atoms with van der Waals surface area (Å²) in [7, 11) is 0. The fraction of sp³-hybridized carbons (Fsp3) is 0.240. The number of nitrogens with two attached hydrogens (primary N) is 1. The summed E-state index contributed by atoms with van der Waals surface area (Å²) < 4.78 is 2.14. The normalized spacial score (nSPS) is 14.8. The number of piperidine rings is 1. The summed E-state index contributed by atoms with van der Waals surface area (Å²) in [5.41, 5.74) is 10.9. The number of fused-ring (bicyclic) bond motifs is 1. The van der Waals surface area contributed by atoms with E-state index >= 15 is 0 Å². The maximum Gasteiger partial charge on any atom is 0.220 e. The lowest BCUT2D eigenvalue weighted by Gasteiger charge is -2.31. The van der Waals surface area contributed by atoms with Crippen molar-refractivity contribution in [1.82, 2.24) is 14.5 Å². The molecule has 4 aromatic rings. The molecule has 0 aliphatic carbocycles. The number of carbonyl (C=O) groups excluding carboxylic acids is 1. The Hall–Kier alpha value is -3.67. The Bertz CT molecular complexity index is 1220. The molecule has 1 amide bonds. The molecular formula is C25H25N5O. The van der Waals surface area contributed by atoms with Crippen molar-refractivity contribution in [2.45, 2.75) is 19.8 Å². The summed E-state index contributed by atoms with van der Waals surface area (Å²) in [6.45, 7) is 3.59. The zero-order chi connectivity index (χ0) is 21.4. The van der Waals surface area contributed by atoms with Crippen LogP contribution in [0.2, 0.25) is 0 Å². The maximum atomic E-state index is 11.6. The summed E-state index contributed by atoms with van der Waals surface area (Å²) in [6, 6.07) is 18.8. The van der Waals surface area contributed by atoms with Crippen molar-refractivity contribution in [3.05, 3.63) is 72.7 Å². The van der Waals surface area contributed by atoms with Crippen LogP contribution in [0.4, 0.5) is 5.82 Å². The van der Waals surface area contributed by atoms with Gasteiger partial charge in [-0.2, -0.15) is 0 Å². The second-order valence-electron chi connectivity index (χ2n) is 8.17. The minimum Gasteiger partial charge on any atom is -0.369 e. The van der Waals surface area contributed by atoms with E-state index in [4.69, 9.17) is 10.7 Å². The van der Waals surface area contributed by atoms with Crippen LogP contribution in [0.25, 0.3) is 27.8 Å². The zero-order valence-corrected chi connectivity index (χ0v) is 17.5. The van der Waals surface area contributed by atoms with Crippen molar-refractivity contribution in [2.24, 2.45) is 11.7 Å². The Labute approximate surface area is 181 Å². The number of primary amides is 1. The highest BCUT2D eigenvalue weighted by molar-refractivity contribution is 6.02. The van der Waals surface area contributed by atoms with Gasteiger partial charge in [0.25, 0.3) is 0 Å². The van der Waals surface area contributed by atoms with Gasteiger partial charge in [0, 0.05) is 36.5 Å². The molecule has 0 saturated carbocycles. The molecule has 1 saturated heterocycles. The molecule has 2 aromatic carbocycles. The molecule has 1 fully saturated rings. The summed E-state index contributed by atoms with van der Waals surface area (Å²) in [5, 5.41) is 1.03. The fourth-order valence-electron chi connectivity index (χ4n) is 4.40. The molecule has 156 valence electrons. The summed E-state index contributed by atoms with van der Waals surface area (Å²) in [4.78, 5) is 23.2. The topological polar surface area (TPSA) is 77.0 Å². The first-order chi connectivity index (χ1) is 15.1. The van der Waals surface area contributed by atoms with Crippen LogP contribution in [-0.4, -0.2) is 33.5 Å². The molecule has 0 unspecified atom stereocenters. The van der Waals surface area contributed by atoms with Gasteiger partial charge in [-0.15, -0.1) is 0 Å². The Kier molecular flexibility index (Phi) is 4.90. The number of hydrogen-bond donors (Lipinski definition) is 1. The number of carbonyl (C=O) groups is 1. The van der Waals surface area contributed by atoms with Crippen molar-refractivity contribution < 1.29 is 4.79 Å². The van der Waals surface area contributed by atoms with E-state index in [-0.39, 0.29) is 11.8 Å². The number of aryl methyl sites for hydroxylation is 1. The van der Waals surface area contributed by atoms with Crippen LogP contribution in [0.3, 0.4) is 0 Å². The Balaban J connectivity index is 1.67. The number of rotatable bonds is 4. The summed E-state index contributed by atoms with van der Waals surface area (Å²) in [5.74, 6) is 0.653. The van der Waals surface area contributed by atoms with E-state index < -0.39 is 0 Å². The highest BCUT2D eigenvalue weighted by atomic mass is 16.1. The van der Waals surface area contributed by atoms with Gasteiger partial charge in [0.2, 0.25) is 5.91 Å². The number of amides is 1. The highest BCUT2D eigenvalue weighted by Gasteiger charge is 2.27. The number of aromatic nitrogens is 3. The Morgan fingerprint density at radius 1 is 1.00 bits per heavy atom. The van der Waals surface area contributed by atoms with E-state index in [0.717, 1.165) is 59.6 Å². The highest BCUT2D eigenvalue weighted by Crippen LogP contribution is 2.37. The molecule has 0 radical (unpaired) electrons. The minimum absolute atomic E-state index is 0.0562. The van der Waals surface area contributed by atoms with Crippen LogP contribution in [0.1, 0.15) is 18.4 Å². The van der Waals surface area contributed by atoms with E-state index in [1.165, 1.54) is 5.56 Å². The van der Waals surface area contributed by atoms with Crippen molar-refractivity contribution >= 4 is 22.8 Å². The lowest BCUT2D eigenvalue weighted by molar-refractivity contribution is -0.122. The predicted octanol–water partition coefficient (Wildman–Crippen LogP) is 4.10. The van der Waals surface area contributed by atoms with Crippen LogP contribution in [0.5, 0.6) is 0 Å². The second-order valence-corrected chi connectivity index (χ2v) is 8.17. The first-order valence-corrected chi connectivity index (χ1v) is 10.6. The van der Waals surface area contributed by atoms with E-state index in [2.05, 4.69) is 64.0 Å². The SMILES string of the molecule is Cc1ccc(-n2cc(-c3ccccc3)c3c(N4CCC(C(N)=O)CC4)ncnc32)cc1. The summed E-state index contributed by atoms with van der Waals surface area (Å²) >= 11 is 0. The van der Waals surface area contributed by atoms with Crippen LogP contribution in [0.15, 0.2) is 67.1 Å². The fourth-order valence-corrected chi connectivity index (χ4v) is 4.40. The third-order valence-corrected chi connectivity index (χ3v) is 6.16. The molecule has 0 bridgehead atoms. The standard InChI is InChI=1S/C25H25N5O/c1-17-7-9-20(10-8-17)30-15-21(18-5-3-2-4-6-18)22-24(27-16-28-25(22)30)29-13-11-19(12-14-29)23(26)31/h2-10,15-16,19H,11-14H2,1H3,(H2,26,31). The van der Waals surface area contributed by atoms with Crippen molar-refractivity contribution in [3.8, 4) is 16.8 Å². The lowest BCUT2D eigenvalue weighted by atomic mass is 9.96. The number of hydrogen-bond acceptors (Lipinski definition) is 4. The van der Waals surface area contributed by atoms with Crippen LogP contribution in [-0.2, 0) is 4.79 Å². The molecule has 31 heavy (non-hydrogen) atoms. The average Bonchev–Trinajstić information content (AvgIpc) is 3.20. The van der Waals surface area contributed by atoms with Gasteiger partial charge in [-0.05, 0) is 37.5 Å². The maximum absolute atomic E-state index is 11.6. The monoisotopic (exact) mass is 411 g/mol. The molecule has 1 aliphatic rings. The molecule has 5 rings (SSSR count). The molecular weight excluding hydrogens is 386 g/mol. The second kappa shape index (κ2) is 7.87. The van der Waals surface area contributed by atoms with Crippen LogP contribution in [0, 0.1) is 12.8 Å². The molecule has 0 atom stereocenters. The molecule has 1 aliphatic heterocycles. The van der Waals surface area contributed by atoms with Gasteiger partial charge in [0.15, 0.2) is 5.65 Å². The quantitative estimate of drug-likeness (QED) is 0.549. The Morgan fingerprint density at radius 2 is 1.71 bits per heavy atom. The molecule has 6 heteroatoms. The van der Waals surface area contributed by atoms with Gasteiger partial charge >= 0.3 is 0 Å². The average molecular weight is 412 g/mol. The van der Waals surface area contributed by atoms with Crippen LogP contribution >= 0.6 is 0 Å². The van der Waals surface area contributed by atoms with E-state index in [0.29, 0.717) is 0 Å². The molecule has 0 spiro atoms. The van der Waals surface area contributed by atoms with E-state index in [9.17, 15) is 4.79 Å². The molecule has 2 N–H and O–H groups in total. The molecule has 2 aromatic heterocycles. The van der Waals surface area contributed by atoms with E-state index in [1.54, 1.807) is 6.33 Å². The first kappa shape index (κ1) is 19.3. The number of anilines is 1. The first-order valence-electron chi connectivity index (χ1n) is 10.6. The largest absolute Gasteiger partial charge is 0.369 e. The van der Waals surface area contributed by atoms with Crippen molar-refractivity contribution in [2.75, 3.05) is 18.0 Å². The van der Waals surface area contributed by atoms with Gasteiger partial charge in [-0.25, -0.2) is 9.97 Å². The lowest BCUT2D eigenvalue weighted by Crippen LogP contribution is -2.39. The van der Waals surface area contributed by atoms with Gasteiger partial charge in [-0.3, -0.25) is 4.79 Å². The van der Waals surface area contributed by atoms with Gasteiger partial charge in [-0.1, -0.05) is 48.0 Å². The third-order valence-electron chi connectivity index (χ3n) is 6.16. The van der Waals surface area contributed by atoms with E-state index in [1.807, 2.05) is 18.2 Å². The minimum atomic E-state index is -0.206. The van der Waals surface area contributed by atoms with Crippen molar-refractivity contribution in [3.63, 3.8) is 0 Å². The van der Waals surface area contributed by atoms with Crippen molar-refractivity contribution in [1.29, 1.82) is 0 Å². The number of nitrogens with zero attached hydrogens (tertiary/aromatic N) is 4. The molecule has 6 nitrogen and oxygen atoms in total. The van der Waals surface area contributed by atoms with Gasteiger partial charge < -0.3 is 15.2 Å². The number of benzene rings is 2. The third kappa shape index (κ3) is 3.54. The smallest absolute Gasteiger partial charge is 0.220 e. The van der Waals surface area contributed by atoms with Gasteiger partial charge in [0.1, 0.15) is 12.1 Å². The zero-order valence-electron chi connectivity index (χ0n) is 17.5. The van der Waals surface area contributed by atoms with Crippen LogP contribution < -0.4 is 10.6 Å². The summed E-state index contributed by atoms with van der Waals surface area (Å²) in [6.07, 6.45) is 5.29.